The lowest BCUT2D eigenvalue weighted by Crippen LogP contribution is -2.47. The Bertz CT molecular complexity index is 280. The lowest BCUT2D eigenvalue weighted by atomic mass is 10.0. The van der Waals surface area contributed by atoms with E-state index >= 15 is 0 Å². The molecule has 3 aliphatic rings. The Morgan fingerprint density at radius 1 is 1.06 bits per heavy atom. The topological polar surface area (TPSA) is 23.6 Å². The van der Waals surface area contributed by atoms with E-state index in [1.807, 2.05) is 0 Å². The molecule has 1 unspecified atom stereocenters. The van der Waals surface area contributed by atoms with Crippen LogP contribution in [0.5, 0.6) is 0 Å². The second-order valence-corrected chi connectivity index (χ2v) is 5.95. The molecule has 2 aliphatic carbocycles. The van der Waals surface area contributed by atoms with E-state index in [0.29, 0.717) is 11.7 Å². The largest absolute Gasteiger partial charge is 0.301 e. The third-order valence-electron chi connectivity index (χ3n) is 4.70. The van der Waals surface area contributed by atoms with Crippen molar-refractivity contribution in [1.82, 2.24) is 9.80 Å². The van der Waals surface area contributed by atoms with Gasteiger partial charge in [-0.05, 0) is 38.6 Å². The van der Waals surface area contributed by atoms with Crippen molar-refractivity contribution in [3.63, 3.8) is 0 Å². The Morgan fingerprint density at radius 2 is 1.82 bits per heavy atom. The minimum atomic E-state index is 0.400. The van der Waals surface area contributed by atoms with Gasteiger partial charge >= 0.3 is 0 Å². The summed E-state index contributed by atoms with van der Waals surface area (Å²) in [5, 5.41) is 0. The predicted molar refractivity (Wildman–Crippen MR) is 68.0 cm³/mol. The fourth-order valence-electron chi connectivity index (χ4n) is 3.32. The minimum absolute atomic E-state index is 0.400. The van der Waals surface area contributed by atoms with Crippen molar-refractivity contribution in [3.05, 3.63) is 0 Å². The van der Waals surface area contributed by atoms with Crippen molar-refractivity contribution >= 4 is 5.78 Å². The summed E-state index contributed by atoms with van der Waals surface area (Å²) in [6.07, 6.45) is 7.11. The highest BCUT2D eigenvalue weighted by molar-refractivity contribution is 5.82. The monoisotopic (exact) mass is 236 g/mol. The van der Waals surface area contributed by atoms with Crippen molar-refractivity contribution in [2.75, 3.05) is 32.7 Å². The van der Waals surface area contributed by atoms with E-state index in [1.54, 1.807) is 0 Å². The molecule has 0 aromatic carbocycles. The van der Waals surface area contributed by atoms with Crippen molar-refractivity contribution in [2.45, 2.75) is 44.6 Å². The van der Waals surface area contributed by atoms with E-state index in [4.69, 9.17) is 0 Å². The number of nitrogens with zero attached hydrogens (tertiary/aromatic N) is 2. The Morgan fingerprint density at radius 3 is 2.41 bits per heavy atom. The standard InChI is InChI=1S/C14H24N2O/c17-14-3-1-2-12(14)6-7-15-8-10-16(11-9-15)13-4-5-13/h12-13H,1-11H2. The summed E-state index contributed by atoms with van der Waals surface area (Å²) in [4.78, 5) is 16.8. The van der Waals surface area contributed by atoms with Crippen molar-refractivity contribution in [3.8, 4) is 0 Å². The maximum absolute atomic E-state index is 11.6. The molecule has 17 heavy (non-hydrogen) atoms. The molecular formula is C14H24N2O. The van der Waals surface area contributed by atoms with Gasteiger partial charge < -0.3 is 4.90 Å². The average Bonchev–Trinajstić information content (AvgIpc) is 3.12. The zero-order valence-corrected chi connectivity index (χ0v) is 10.7. The van der Waals surface area contributed by atoms with Crippen LogP contribution in [-0.2, 0) is 4.79 Å². The summed E-state index contributed by atoms with van der Waals surface area (Å²) in [7, 11) is 0. The first-order valence-electron chi connectivity index (χ1n) is 7.32. The second kappa shape index (κ2) is 5.07. The third-order valence-corrected chi connectivity index (χ3v) is 4.70. The summed E-state index contributed by atoms with van der Waals surface area (Å²) < 4.78 is 0. The average molecular weight is 236 g/mol. The fraction of sp³-hybridized carbons (Fsp3) is 0.929. The fourth-order valence-corrected chi connectivity index (χ4v) is 3.32. The zero-order valence-electron chi connectivity index (χ0n) is 10.7. The van der Waals surface area contributed by atoms with Crippen molar-refractivity contribution in [1.29, 1.82) is 0 Å². The van der Waals surface area contributed by atoms with Gasteiger partial charge in [-0.1, -0.05) is 0 Å². The summed E-state index contributed by atoms with van der Waals surface area (Å²) in [5.74, 6) is 0.929. The SMILES string of the molecule is O=C1CCCC1CCN1CCN(C2CC2)CC1. The van der Waals surface area contributed by atoms with Gasteiger partial charge in [0.05, 0.1) is 0 Å². The molecule has 1 saturated heterocycles. The second-order valence-electron chi connectivity index (χ2n) is 5.95. The van der Waals surface area contributed by atoms with Crippen molar-refractivity contribution in [2.24, 2.45) is 5.92 Å². The third kappa shape index (κ3) is 2.89. The van der Waals surface area contributed by atoms with E-state index in [0.717, 1.165) is 38.3 Å². The summed E-state index contributed by atoms with van der Waals surface area (Å²) in [5.41, 5.74) is 0. The Kier molecular flexibility index (Phi) is 3.48. The Labute approximate surface area is 104 Å². The number of Topliss-reactive ketones (excluding diaryl/α,β-unsaturated/α-hetero) is 1. The van der Waals surface area contributed by atoms with Gasteiger partial charge in [-0.3, -0.25) is 9.69 Å². The molecule has 0 aromatic rings. The molecule has 3 nitrogen and oxygen atoms in total. The highest BCUT2D eigenvalue weighted by atomic mass is 16.1. The lowest BCUT2D eigenvalue weighted by Gasteiger charge is -2.35. The zero-order chi connectivity index (χ0) is 11.7. The molecule has 1 heterocycles. The number of rotatable bonds is 4. The van der Waals surface area contributed by atoms with Crippen LogP contribution >= 0.6 is 0 Å². The highest BCUT2D eigenvalue weighted by Gasteiger charge is 2.31. The van der Waals surface area contributed by atoms with Crippen LogP contribution in [0.15, 0.2) is 0 Å². The molecule has 2 saturated carbocycles. The molecule has 0 radical (unpaired) electrons. The summed E-state index contributed by atoms with van der Waals surface area (Å²) in [6.45, 7) is 6.09. The molecule has 96 valence electrons. The van der Waals surface area contributed by atoms with Gasteiger partial charge in [0.25, 0.3) is 0 Å². The molecule has 0 aromatic heterocycles. The first-order valence-corrected chi connectivity index (χ1v) is 7.32. The molecule has 0 spiro atoms. The molecule has 1 atom stereocenters. The van der Waals surface area contributed by atoms with Gasteiger partial charge in [-0.15, -0.1) is 0 Å². The van der Waals surface area contributed by atoms with Crippen LogP contribution in [0.3, 0.4) is 0 Å². The quantitative estimate of drug-likeness (QED) is 0.739. The summed E-state index contributed by atoms with van der Waals surface area (Å²) >= 11 is 0. The molecule has 3 heteroatoms. The van der Waals surface area contributed by atoms with Crippen LogP contribution in [0, 0.1) is 5.92 Å². The van der Waals surface area contributed by atoms with Crippen LogP contribution in [0.4, 0.5) is 0 Å². The molecule has 3 rings (SSSR count). The normalized spacial score (nSPS) is 32.2. The van der Waals surface area contributed by atoms with E-state index in [1.165, 1.54) is 39.0 Å². The van der Waals surface area contributed by atoms with Gasteiger partial charge in [0, 0.05) is 44.6 Å². The minimum Gasteiger partial charge on any atom is -0.301 e. The first kappa shape index (κ1) is 11.7. The van der Waals surface area contributed by atoms with Crippen LogP contribution in [-0.4, -0.2) is 54.3 Å². The van der Waals surface area contributed by atoms with Gasteiger partial charge in [-0.25, -0.2) is 0 Å². The number of piperazine rings is 1. The number of hydrogen-bond acceptors (Lipinski definition) is 3. The number of ketones is 1. The number of hydrogen-bond donors (Lipinski definition) is 0. The maximum atomic E-state index is 11.6. The molecule has 0 bridgehead atoms. The van der Waals surface area contributed by atoms with Gasteiger partial charge in [0.2, 0.25) is 0 Å². The maximum Gasteiger partial charge on any atom is 0.136 e. The van der Waals surface area contributed by atoms with Crippen LogP contribution < -0.4 is 0 Å². The molecular weight excluding hydrogens is 212 g/mol. The van der Waals surface area contributed by atoms with Gasteiger partial charge in [-0.2, -0.15) is 0 Å². The number of carbonyl (C=O) groups is 1. The van der Waals surface area contributed by atoms with Crippen LogP contribution in [0.25, 0.3) is 0 Å². The smallest absolute Gasteiger partial charge is 0.136 e. The Hall–Kier alpha value is -0.410. The molecule has 0 N–H and O–H groups in total. The highest BCUT2D eigenvalue weighted by Crippen LogP contribution is 2.28. The van der Waals surface area contributed by atoms with Gasteiger partial charge in [0.15, 0.2) is 0 Å². The van der Waals surface area contributed by atoms with E-state index < -0.39 is 0 Å². The van der Waals surface area contributed by atoms with Gasteiger partial charge in [0.1, 0.15) is 5.78 Å². The predicted octanol–water partition coefficient (Wildman–Crippen LogP) is 1.53. The van der Waals surface area contributed by atoms with Crippen molar-refractivity contribution < 1.29 is 4.79 Å². The molecule has 0 amide bonds. The van der Waals surface area contributed by atoms with E-state index in [-0.39, 0.29) is 0 Å². The first-order chi connectivity index (χ1) is 8.33. The van der Waals surface area contributed by atoms with Crippen LogP contribution in [0.2, 0.25) is 0 Å². The molecule has 1 aliphatic heterocycles. The van der Waals surface area contributed by atoms with Crippen LogP contribution in [0.1, 0.15) is 38.5 Å². The number of carbonyl (C=O) groups excluding carboxylic acids is 1. The Balaban J connectivity index is 1.37. The summed E-state index contributed by atoms with van der Waals surface area (Å²) in [6, 6.07) is 0.925. The lowest BCUT2D eigenvalue weighted by molar-refractivity contribution is -0.120. The van der Waals surface area contributed by atoms with E-state index in [9.17, 15) is 4.79 Å². The van der Waals surface area contributed by atoms with E-state index in [2.05, 4.69) is 9.80 Å². The molecule has 3 fully saturated rings.